The summed E-state index contributed by atoms with van der Waals surface area (Å²) in [5.74, 6) is 0.365. The third-order valence-electron chi connectivity index (χ3n) is 4.92. The van der Waals surface area contributed by atoms with Crippen LogP contribution in [-0.4, -0.2) is 52.3 Å². The van der Waals surface area contributed by atoms with Crippen molar-refractivity contribution in [1.29, 1.82) is 0 Å². The van der Waals surface area contributed by atoms with Gasteiger partial charge in [-0.1, -0.05) is 18.2 Å². The molecule has 2 N–H and O–H groups in total. The number of amides is 2. The molecule has 2 heterocycles. The molecule has 1 fully saturated rings. The number of carbonyl (C=O) groups is 2. The molecule has 1 aromatic carbocycles. The SMILES string of the molecule is CC(C)(C)OC(=O)N1CCCC(CCNC(=O)Cc2[nH]nc3ccccc23)C1. The molecule has 0 aliphatic carbocycles. The van der Waals surface area contributed by atoms with Gasteiger partial charge in [0.1, 0.15) is 5.60 Å². The maximum Gasteiger partial charge on any atom is 0.410 e. The second-order valence-electron chi connectivity index (χ2n) is 8.47. The lowest BCUT2D eigenvalue weighted by molar-refractivity contribution is -0.120. The summed E-state index contributed by atoms with van der Waals surface area (Å²) in [4.78, 5) is 26.3. The van der Waals surface area contributed by atoms with Crippen LogP contribution in [0.25, 0.3) is 10.9 Å². The van der Waals surface area contributed by atoms with Gasteiger partial charge in [-0.25, -0.2) is 4.79 Å². The second kappa shape index (κ2) is 8.63. The zero-order valence-electron chi connectivity index (χ0n) is 17.0. The van der Waals surface area contributed by atoms with Crippen LogP contribution in [0, 0.1) is 5.92 Å². The average Bonchev–Trinajstić information content (AvgIpc) is 3.04. The van der Waals surface area contributed by atoms with E-state index in [9.17, 15) is 9.59 Å². The minimum atomic E-state index is -0.477. The van der Waals surface area contributed by atoms with E-state index >= 15 is 0 Å². The van der Waals surface area contributed by atoms with Crippen LogP contribution >= 0.6 is 0 Å². The number of carbonyl (C=O) groups excluding carboxylic acids is 2. The van der Waals surface area contributed by atoms with Crippen LogP contribution in [0.1, 0.15) is 45.7 Å². The number of benzene rings is 1. The van der Waals surface area contributed by atoms with Crippen LogP contribution in [0.15, 0.2) is 24.3 Å². The molecule has 2 aromatic rings. The predicted molar refractivity (Wildman–Crippen MR) is 108 cm³/mol. The molecule has 1 aromatic heterocycles. The Morgan fingerprint density at radius 1 is 1.32 bits per heavy atom. The fourth-order valence-electron chi connectivity index (χ4n) is 3.58. The van der Waals surface area contributed by atoms with Crippen molar-refractivity contribution in [2.75, 3.05) is 19.6 Å². The van der Waals surface area contributed by atoms with E-state index in [1.165, 1.54) is 0 Å². The molecule has 7 nitrogen and oxygen atoms in total. The number of aromatic nitrogens is 2. The van der Waals surface area contributed by atoms with Crippen LogP contribution in [0.3, 0.4) is 0 Å². The number of nitrogens with zero attached hydrogens (tertiary/aromatic N) is 2. The van der Waals surface area contributed by atoms with Crippen LogP contribution in [0.4, 0.5) is 4.79 Å². The standard InChI is InChI=1S/C21H30N4O3/c1-21(2,3)28-20(27)25-12-6-7-15(14-25)10-11-22-19(26)13-18-16-8-4-5-9-17(16)23-24-18/h4-5,8-9,15H,6-7,10-14H2,1-3H3,(H,22,26)(H,23,24). The van der Waals surface area contributed by atoms with E-state index in [0.29, 0.717) is 19.0 Å². The maximum absolute atomic E-state index is 12.3. The minimum Gasteiger partial charge on any atom is -0.444 e. The molecule has 1 saturated heterocycles. The van der Waals surface area contributed by atoms with Gasteiger partial charge < -0.3 is 15.0 Å². The maximum atomic E-state index is 12.3. The second-order valence-corrected chi connectivity index (χ2v) is 8.47. The summed E-state index contributed by atoms with van der Waals surface area (Å²) in [5, 5.41) is 11.2. The summed E-state index contributed by atoms with van der Waals surface area (Å²) in [5.41, 5.74) is 1.23. The van der Waals surface area contributed by atoms with E-state index in [4.69, 9.17) is 4.74 Å². The Kier molecular flexibility index (Phi) is 6.21. The third-order valence-corrected chi connectivity index (χ3v) is 4.92. The molecule has 0 bridgehead atoms. The fourth-order valence-corrected chi connectivity index (χ4v) is 3.58. The lowest BCUT2D eigenvalue weighted by Gasteiger charge is -2.34. The minimum absolute atomic E-state index is 0.0192. The van der Waals surface area contributed by atoms with Crippen molar-refractivity contribution in [2.24, 2.45) is 5.92 Å². The highest BCUT2D eigenvalue weighted by Gasteiger charge is 2.27. The first kappa shape index (κ1) is 20.2. The van der Waals surface area contributed by atoms with Gasteiger partial charge >= 0.3 is 6.09 Å². The lowest BCUT2D eigenvalue weighted by atomic mass is 9.95. The smallest absolute Gasteiger partial charge is 0.410 e. The van der Waals surface area contributed by atoms with Gasteiger partial charge in [-0.2, -0.15) is 5.10 Å². The van der Waals surface area contributed by atoms with Crippen molar-refractivity contribution in [1.82, 2.24) is 20.4 Å². The summed E-state index contributed by atoms with van der Waals surface area (Å²) in [6.45, 7) is 7.68. The Morgan fingerprint density at radius 2 is 2.11 bits per heavy atom. The first-order valence-electron chi connectivity index (χ1n) is 9.98. The molecule has 1 aliphatic rings. The Balaban J connectivity index is 1.43. The zero-order chi connectivity index (χ0) is 20.1. The quantitative estimate of drug-likeness (QED) is 0.826. The molecule has 152 valence electrons. The average molecular weight is 386 g/mol. The van der Waals surface area contributed by atoms with Crippen LogP contribution in [0.5, 0.6) is 0 Å². The highest BCUT2D eigenvalue weighted by molar-refractivity contribution is 5.87. The summed E-state index contributed by atoms with van der Waals surface area (Å²) in [6, 6.07) is 7.76. The summed E-state index contributed by atoms with van der Waals surface area (Å²) < 4.78 is 5.47. The largest absolute Gasteiger partial charge is 0.444 e. The van der Waals surface area contributed by atoms with E-state index in [2.05, 4.69) is 15.5 Å². The Morgan fingerprint density at radius 3 is 2.89 bits per heavy atom. The van der Waals surface area contributed by atoms with Gasteiger partial charge in [-0.15, -0.1) is 0 Å². The molecule has 1 atom stereocenters. The number of nitrogens with one attached hydrogen (secondary N) is 2. The van der Waals surface area contributed by atoms with E-state index in [0.717, 1.165) is 42.4 Å². The molecule has 0 radical (unpaired) electrons. The normalized spacial score (nSPS) is 17.5. The van der Waals surface area contributed by atoms with Gasteiger partial charge in [0, 0.05) is 25.0 Å². The topological polar surface area (TPSA) is 87.3 Å². The van der Waals surface area contributed by atoms with E-state index < -0.39 is 5.60 Å². The number of rotatable bonds is 5. The number of fused-ring (bicyclic) bond motifs is 1. The molecule has 7 heteroatoms. The van der Waals surface area contributed by atoms with Crippen molar-refractivity contribution in [3.63, 3.8) is 0 Å². The molecule has 2 amide bonds. The van der Waals surface area contributed by atoms with Gasteiger partial charge in [0.25, 0.3) is 0 Å². The first-order valence-corrected chi connectivity index (χ1v) is 9.98. The number of H-pyrrole nitrogens is 1. The van der Waals surface area contributed by atoms with Crippen molar-refractivity contribution < 1.29 is 14.3 Å². The van der Waals surface area contributed by atoms with E-state index in [1.54, 1.807) is 4.90 Å². The third kappa shape index (κ3) is 5.47. The molecule has 28 heavy (non-hydrogen) atoms. The molecule has 0 saturated carbocycles. The number of hydrogen-bond acceptors (Lipinski definition) is 4. The number of piperidine rings is 1. The van der Waals surface area contributed by atoms with E-state index in [-0.39, 0.29) is 18.4 Å². The summed E-state index contributed by atoms with van der Waals surface area (Å²) >= 11 is 0. The fraction of sp³-hybridized carbons (Fsp3) is 0.571. The number of likely N-dealkylation sites (tertiary alicyclic amines) is 1. The molecule has 1 aliphatic heterocycles. The highest BCUT2D eigenvalue weighted by atomic mass is 16.6. The summed E-state index contributed by atoms with van der Waals surface area (Å²) in [7, 11) is 0. The van der Waals surface area contributed by atoms with Gasteiger partial charge in [0.05, 0.1) is 17.6 Å². The monoisotopic (exact) mass is 386 g/mol. The van der Waals surface area contributed by atoms with Gasteiger partial charge in [-0.3, -0.25) is 9.89 Å². The Hall–Kier alpha value is -2.57. The Bertz CT molecular complexity index is 824. The van der Waals surface area contributed by atoms with Crippen molar-refractivity contribution >= 4 is 22.9 Å². The van der Waals surface area contributed by atoms with Gasteiger partial charge in [-0.05, 0) is 52.0 Å². The van der Waals surface area contributed by atoms with Crippen molar-refractivity contribution in [3.05, 3.63) is 30.0 Å². The molecule has 0 spiro atoms. The van der Waals surface area contributed by atoms with Crippen LogP contribution in [0.2, 0.25) is 0 Å². The number of para-hydroxylation sites is 1. The van der Waals surface area contributed by atoms with Gasteiger partial charge in [0.2, 0.25) is 5.91 Å². The number of aromatic amines is 1. The highest BCUT2D eigenvalue weighted by Crippen LogP contribution is 2.21. The number of ether oxygens (including phenoxy) is 1. The van der Waals surface area contributed by atoms with Crippen molar-refractivity contribution in [3.8, 4) is 0 Å². The lowest BCUT2D eigenvalue weighted by Crippen LogP contribution is -2.43. The molecular weight excluding hydrogens is 356 g/mol. The number of hydrogen-bond donors (Lipinski definition) is 2. The van der Waals surface area contributed by atoms with Crippen LogP contribution < -0.4 is 5.32 Å². The predicted octanol–water partition coefficient (Wildman–Crippen LogP) is 3.26. The molecule has 3 rings (SSSR count). The van der Waals surface area contributed by atoms with Crippen LogP contribution in [-0.2, 0) is 16.0 Å². The molecular formula is C21H30N4O3. The zero-order valence-corrected chi connectivity index (χ0v) is 17.0. The van der Waals surface area contributed by atoms with Gasteiger partial charge in [0.15, 0.2) is 0 Å². The summed E-state index contributed by atoms with van der Waals surface area (Å²) in [6.07, 6.45) is 2.94. The Labute approximate surface area is 165 Å². The van der Waals surface area contributed by atoms with E-state index in [1.807, 2.05) is 45.0 Å². The van der Waals surface area contributed by atoms with Crippen molar-refractivity contribution in [2.45, 2.75) is 52.1 Å². The molecule has 1 unspecified atom stereocenters. The first-order chi connectivity index (χ1) is 13.3.